The quantitative estimate of drug-likeness (QED) is 0.737. The molecule has 1 heterocycles. The molecule has 0 bridgehead atoms. The van der Waals surface area contributed by atoms with Gasteiger partial charge in [-0.3, -0.25) is 0 Å². The smallest absolute Gasteiger partial charge is 0.139 e. The summed E-state index contributed by atoms with van der Waals surface area (Å²) in [6.45, 7) is 4.16. The lowest BCUT2D eigenvalue weighted by atomic mass is 10.1. The molecule has 0 atom stereocenters. The monoisotopic (exact) mass is 191 g/mol. The van der Waals surface area contributed by atoms with E-state index in [1.165, 1.54) is 19.3 Å². The second kappa shape index (κ2) is 3.91. The molecule has 0 amide bonds. The number of rotatable bonds is 1. The first-order valence-electron chi connectivity index (χ1n) is 5.32. The van der Waals surface area contributed by atoms with Gasteiger partial charge in [0.25, 0.3) is 0 Å². The molecule has 0 unspecified atom stereocenters. The highest BCUT2D eigenvalue weighted by Gasteiger charge is 2.13. The lowest BCUT2D eigenvalue weighted by Crippen LogP contribution is -2.29. The SMILES string of the molecule is Cc1ccc(N2CCCCC2)c(O)c1. The van der Waals surface area contributed by atoms with Gasteiger partial charge >= 0.3 is 0 Å². The predicted octanol–water partition coefficient (Wildman–Crippen LogP) is 2.69. The summed E-state index contributed by atoms with van der Waals surface area (Å²) >= 11 is 0. The fourth-order valence-electron chi connectivity index (χ4n) is 2.04. The Morgan fingerprint density at radius 3 is 2.50 bits per heavy atom. The van der Waals surface area contributed by atoms with E-state index in [4.69, 9.17) is 0 Å². The first-order chi connectivity index (χ1) is 6.77. The van der Waals surface area contributed by atoms with Crippen LogP contribution in [0.5, 0.6) is 5.75 Å². The molecular weight excluding hydrogens is 174 g/mol. The number of phenols is 1. The number of aromatic hydroxyl groups is 1. The summed E-state index contributed by atoms with van der Waals surface area (Å²) in [7, 11) is 0. The van der Waals surface area contributed by atoms with Crippen LogP contribution in [0.2, 0.25) is 0 Å². The molecule has 1 aliphatic rings. The topological polar surface area (TPSA) is 23.5 Å². The fourth-order valence-corrected chi connectivity index (χ4v) is 2.04. The fraction of sp³-hybridized carbons (Fsp3) is 0.500. The van der Waals surface area contributed by atoms with E-state index in [-0.39, 0.29) is 0 Å². The molecule has 1 saturated heterocycles. The molecule has 1 aliphatic heterocycles. The first-order valence-corrected chi connectivity index (χ1v) is 5.32. The van der Waals surface area contributed by atoms with Crippen molar-refractivity contribution in [2.75, 3.05) is 18.0 Å². The molecule has 0 spiro atoms. The Hall–Kier alpha value is -1.18. The molecule has 0 radical (unpaired) electrons. The summed E-state index contributed by atoms with van der Waals surface area (Å²) in [4.78, 5) is 2.28. The first kappa shape index (κ1) is 9.38. The van der Waals surface area contributed by atoms with Gasteiger partial charge in [-0.05, 0) is 43.9 Å². The standard InChI is InChI=1S/C12H17NO/c1-10-5-6-11(12(14)9-10)13-7-3-2-4-8-13/h5-6,9,14H,2-4,7-8H2,1H3. The normalized spacial score (nSPS) is 17.1. The van der Waals surface area contributed by atoms with Gasteiger partial charge in [0.1, 0.15) is 5.75 Å². The third-order valence-corrected chi connectivity index (χ3v) is 2.83. The molecule has 0 aromatic heterocycles. The molecule has 0 saturated carbocycles. The van der Waals surface area contributed by atoms with E-state index in [1.807, 2.05) is 19.1 Å². The van der Waals surface area contributed by atoms with Crippen molar-refractivity contribution < 1.29 is 5.11 Å². The van der Waals surface area contributed by atoms with Crippen LogP contribution in [0.25, 0.3) is 0 Å². The minimum atomic E-state index is 0.423. The maximum atomic E-state index is 9.80. The summed E-state index contributed by atoms with van der Waals surface area (Å²) in [5.74, 6) is 0.423. The van der Waals surface area contributed by atoms with Crippen molar-refractivity contribution in [1.82, 2.24) is 0 Å². The Morgan fingerprint density at radius 2 is 1.86 bits per heavy atom. The minimum Gasteiger partial charge on any atom is -0.506 e. The van der Waals surface area contributed by atoms with Gasteiger partial charge in [-0.2, -0.15) is 0 Å². The van der Waals surface area contributed by atoms with Crippen LogP contribution in [-0.4, -0.2) is 18.2 Å². The van der Waals surface area contributed by atoms with E-state index in [1.54, 1.807) is 0 Å². The van der Waals surface area contributed by atoms with E-state index in [0.717, 1.165) is 24.3 Å². The van der Waals surface area contributed by atoms with Crippen LogP contribution in [0.1, 0.15) is 24.8 Å². The summed E-state index contributed by atoms with van der Waals surface area (Å²) in [5.41, 5.74) is 2.11. The zero-order valence-corrected chi connectivity index (χ0v) is 8.66. The number of aryl methyl sites for hydroxylation is 1. The maximum Gasteiger partial charge on any atom is 0.139 e. The molecule has 2 rings (SSSR count). The van der Waals surface area contributed by atoms with Crippen molar-refractivity contribution in [3.8, 4) is 5.75 Å². The third-order valence-electron chi connectivity index (χ3n) is 2.83. The van der Waals surface area contributed by atoms with E-state index in [9.17, 15) is 5.11 Å². The van der Waals surface area contributed by atoms with Crippen LogP contribution in [0, 0.1) is 6.92 Å². The number of piperidine rings is 1. The van der Waals surface area contributed by atoms with Crippen molar-refractivity contribution in [2.45, 2.75) is 26.2 Å². The molecular formula is C12H17NO. The molecule has 76 valence electrons. The van der Waals surface area contributed by atoms with Gasteiger partial charge in [0, 0.05) is 13.1 Å². The zero-order chi connectivity index (χ0) is 9.97. The second-order valence-electron chi connectivity index (χ2n) is 4.04. The summed E-state index contributed by atoms with van der Waals surface area (Å²) in [6, 6.07) is 5.92. The van der Waals surface area contributed by atoms with Gasteiger partial charge in [0.15, 0.2) is 0 Å². The highest BCUT2D eigenvalue weighted by Crippen LogP contribution is 2.29. The van der Waals surface area contributed by atoms with Crippen molar-refractivity contribution >= 4 is 5.69 Å². The van der Waals surface area contributed by atoms with Gasteiger partial charge in [0.05, 0.1) is 5.69 Å². The highest BCUT2D eigenvalue weighted by molar-refractivity contribution is 5.59. The molecule has 1 N–H and O–H groups in total. The Morgan fingerprint density at radius 1 is 1.14 bits per heavy atom. The van der Waals surface area contributed by atoms with E-state index in [2.05, 4.69) is 11.0 Å². The van der Waals surface area contributed by atoms with Crippen LogP contribution in [0.15, 0.2) is 18.2 Å². The maximum absolute atomic E-state index is 9.80. The minimum absolute atomic E-state index is 0.423. The van der Waals surface area contributed by atoms with Crippen LogP contribution in [0.3, 0.4) is 0 Å². The Kier molecular flexibility index (Phi) is 2.62. The van der Waals surface area contributed by atoms with Crippen LogP contribution in [0.4, 0.5) is 5.69 Å². The average Bonchev–Trinajstić information content (AvgIpc) is 2.19. The highest BCUT2D eigenvalue weighted by atomic mass is 16.3. The lowest BCUT2D eigenvalue weighted by Gasteiger charge is -2.29. The van der Waals surface area contributed by atoms with E-state index < -0.39 is 0 Å². The largest absolute Gasteiger partial charge is 0.506 e. The van der Waals surface area contributed by atoms with E-state index >= 15 is 0 Å². The van der Waals surface area contributed by atoms with Crippen molar-refractivity contribution in [3.63, 3.8) is 0 Å². The average molecular weight is 191 g/mol. The van der Waals surface area contributed by atoms with Crippen molar-refractivity contribution in [2.24, 2.45) is 0 Å². The van der Waals surface area contributed by atoms with Crippen LogP contribution >= 0.6 is 0 Å². The van der Waals surface area contributed by atoms with E-state index in [0.29, 0.717) is 5.75 Å². The second-order valence-corrected chi connectivity index (χ2v) is 4.04. The third kappa shape index (κ3) is 1.84. The van der Waals surface area contributed by atoms with Crippen LogP contribution in [-0.2, 0) is 0 Å². The van der Waals surface area contributed by atoms with Gasteiger partial charge < -0.3 is 10.0 Å². The Balaban J connectivity index is 2.22. The number of hydrogen-bond donors (Lipinski definition) is 1. The number of benzene rings is 1. The molecule has 1 aromatic carbocycles. The number of nitrogens with zero attached hydrogens (tertiary/aromatic N) is 1. The predicted molar refractivity (Wildman–Crippen MR) is 58.9 cm³/mol. The summed E-state index contributed by atoms with van der Waals surface area (Å²) < 4.78 is 0. The number of anilines is 1. The number of phenolic OH excluding ortho intramolecular Hbond substituents is 1. The molecule has 1 fully saturated rings. The summed E-state index contributed by atoms with van der Waals surface area (Å²) in [6.07, 6.45) is 3.81. The lowest BCUT2D eigenvalue weighted by molar-refractivity contribution is 0.469. The molecule has 2 heteroatoms. The van der Waals surface area contributed by atoms with Crippen molar-refractivity contribution in [1.29, 1.82) is 0 Å². The van der Waals surface area contributed by atoms with Gasteiger partial charge in [-0.1, -0.05) is 6.07 Å². The molecule has 1 aromatic rings. The Bertz CT molecular complexity index is 316. The number of hydrogen-bond acceptors (Lipinski definition) is 2. The van der Waals surface area contributed by atoms with Gasteiger partial charge in [-0.25, -0.2) is 0 Å². The zero-order valence-electron chi connectivity index (χ0n) is 8.66. The molecule has 0 aliphatic carbocycles. The van der Waals surface area contributed by atoms with Crippen LogP contribution < -0.4 is 4.90 Å². The Labute approximate surface area is 85.2 Å². The van der Waals surface area contributed by atoms with Crippen molar-refractivity contribution in [3.05, 3.63) is 23.8 Å². The molecule has 14 heavy (non-hydrogen) atoms. The van der Waals surface area contributed by atoms with Gasteiger partial charge in [-0.15, -0.1) is 0 Å². The molecule has 2 nitrogen and oxygen atoms in total. The summed E-state index contributed by atoms with van der Waals surface area (Å²) in [5, 5.41) is 9.80. The van der Waals surface area contributed by atoms with Gasteiger partial charge in [0.2, 0.25) is 0 Å².